The Morgan fingerprint density at radius 1 is 1.18 bits per heavy atom. The number of benzene rings is 3. The first-order chi connectivity index (χ1) is 18.6. The molecule has 0 saturated heterocycles. The molecular weight excluding hydrogens is 516 g/mol. The molecule has 3 N–H and O–H groups in total. The van der Waals surface area contributed by atoms with E-state index in [1.807, 2.05) is 45.2 Å². The van der Waals surface area contributed by atoms with Crippen molar-refractivity contribution in [3.63, 3.8) is 0 Å². The number of aliphatic carboxylic acids is 1. The van der Waals surface area contributed by atoms with Crippen molar-refractivity contribution in [1.29, 1.82) is 0 Å². The molecule has 0 fully saturated rings. The number of aryl methyl sites for hydroxylation is 3. The second-order valence-electron chi connectivity index (χ2n) is 10.5. The summed E-state index contributed by atoms with van der Waals surface area (Å²) in [6, 6.07) is 16.9. The van der Waals surface area contributed by atoms with Crippen LogP contribution in [0.2, 0.25) is 0 Å². The Labute approximate surface area is 228 Å². The minimum atomic E-state index is -3.31. The first kappa shape index (κ1) is 25.8. The molecule has 0 spiro atoms. The van der Waals surface area contributed by atoms with Gasteiger partial charge in [-0.25, -0.2) is 4.68 Å². The summed E-state index contributed by atoms with van der Waals surface area (Å²) in [6.45, 7) is 4.25. The van der Waals surface area contributed by atoms with Gasteiger partial charge in [-0.05, 0) is 72.7 Å². The molecule has 2 heterocycles. The first-order valence-electron chi connectivity index (χ1n) is 13.1. The Morgan fingerprint density at radius 2 is 1.97 bits per heavy atom. The van der Waals surface area contributed by atoms with E-state index >= 15 is 0 Å². The highest BCUT2D eigenvalue weighted by Crippen LogP contribution is 2.61. The van der Waals surface area contributed by atoms with Gasteiger partial charge in [0.25, 0.3) is 0 Å². The molecule has 3 aromatic carbocycles. The lowest BCUT2D eigenvalue weighted by Gasteiger charge is -2.45. The maximum Gasteiger partial charge on any atom is 0.304 e. The van der Waals surface area contributed by atoms with E-state index in [-0.39, 0.29) is 18.6 Å². The molecule has 0 radical (unpaired) electrons. The van der Waals surface area contributed by atoms with Gasteiger partial charge in [0.2, 0.25) is 0 Å². The number of carboxylic acid groups (broad SMARTS) is 1. The average Bonchev–Trinajstić information content (AvgIpc) is 3.47. The number of para-hydroxylation sites is 1. The SMILES string of the molecule is Cc1c(C(CC(=O)O)c2ccc3c(c2)C(N2C[C@@H](C)Oc4ccccc4S2(O)O)CC3)ccc2c1nnn2C. The van der Waals surface area contributed by atoms with Crippen molar-refractivity contribution in [2.24, 2.45) is 7.05 Å². The van der Waals surface area contributed by atoms with E-state index in [4.69, 9.17) is 4.74 Å². The molecule has 0 saturated carbocycles. The molecule has 1 aliphatic heterocycles. The van der Waals surface area contributed by atoms with Crippen LogP contribution in [0.1, 0.15) is 59.5 Å². The predicted octanol–water partition coefficient (Wildman–Crippen LogP) is 5.68. The van der Waals surface area contributed by atoms with Crippen LogP contribution >= 0.6 is 10.8 Å². The lowest BCUT2D eigenvalue weighted by molar-refractivity contribution is -0.137. The molecular formula is C29H32N4O5S. The fourth-order valence-corrected chi connectivity index (χ4v) is 8.03. The van der Waals surface area contributed by atoms with Crippen LogP contribution in [-0.2, 0) is 18.3 Å². The second-order valence-corrected chi connectivity index (χ2v) is 12.5. The van der Waals surface area contributed by atoms with Crippen LogP contribution in [0.4, 0.5) is 0 Å². The zero-order valence-corrected chi connectivity index (χ0v) is 22.9. The van der Waals surface area contributed by atoms with Crippen LogP contribution < -0.4 is 4.74 Å². The van der Waals surface area contributed by atoms with Gasteiger partial charge in [0, 0.05) is 13.0 Å². The van der Waals surface area contributed by atoms with Crippen LogP contribution in [0, 0.1) is 6.92 Å². The summed E-state index contributed by atoms with van der Waals surface area (Å²) in [5.74, 6) is -0.788. The van der Waals surface area contributed by atoms with E-state index in [1.54, 1.807) is 27.2 Å². The smallest absolute Gasteiger partial charge is 0.304 e. The highest BCUT2D eigenvalue weighted by atomic mass is 32.3. The maximum absolute atomic E-state index is 12.0. The monoisotopic (exact) mass is 548 g/mol. The van der Waals surface area contributed by atoms with Gasteiger partial charge in [-0.3, -0.25) is 13.9 Å². The van der Waals surface area contributed by atoms with Gasteiger partial charge in [-0.1, -0.05) is 41.6 Å². The van der Waals surface area contributed by atoms with Crippen LogP contribution in [0.15, 0.2) is 59.5 Å². The fourth-order valence-electron chi connectivity index (χ4n) is 6.14. The highest BCUT2D eigenvalue weighted by Gasteiger charge is 2.41. The van der Waals surface area contributed by atoms with Crippen molar-refractivity contribution >= 4 is 27.8 Å². The molecule has 0 amide bonds. The van der Waals surface area contributed by atoms with Gasteiger partial charge in [0.05, 0.1) is 24.5 Å². The topological polar surface area (TPSA) is 121 Å². The number of nitrogens with zero attached hydrogens (tertiary/aromatic N) is 4. The summed E-state index contributed by atoms with van der Waals surface area (Å²) >= 11 is 0. The number of aromatic nitrogens is 3. The summed E-state index contributed by atoms with van der Waals surface area (Å²) in [4.78, 5) is 12.4. The van der Waals surface area contributed by atoms with Gasteiger partial charge in [0.15, 0.2) is 0 Å². The third kappa shape index (κ3) is 4.37. The standard InChI is InChI=1S/C29H32N4O5S/c1-17-16-33(39(36,37)27-7-5-4-6-26(27)38-17)24-12-10-19-8-9-20(14-23(19)24)22(15-28(34)35)21-11-13-25-29(18(21)2)30-31-32(25)3/h4-9,11,13-14,17,22,24,36-37H,10,12,15-16H2,1-3H3,(H,34,35)/t17-,22?,24?/m1/s1. The number of hydrogen-bond donors (Lipinski definition) is 3. The summed E-state index contributed by atoms with van der Waals surface area (Å²) < 4.78 is 32.7. The second kappa shape index (κ2) is 9.63. The highest BCUT2D eigenvalue weighted by molar-refractivity contribution is 8.22. The minimum Gasteiger partial charge on any atom is -0.487 e. The molecule has 39 heavy (non-hydrogen) atoms. The van der Waals surface area contributed by atoms with E-state index < -0.39 is 22.7 Å². The molecule has 204 valence electrons. The predicted molar refractivity (Wildman–Crippen MR) is 149 cm³/mol. The minimum absolute atomic E-state index is 0.0762. The van der Waals surface area contributed by atoms with Crippen LogP contribution in [0.5, 0.6) is 5.75 Å². The molecule has 2 aliphatic rings. The Balaban J connectivity index is 1.43. The summed E-state index contributed by atoms with van der Waals surface area (Å²) in [5.41, 5.74) is 6.49. The van der Waals surface area contributed by atoms with Gasteiger partial charge in [0.1, 0.15) is 22.3 Å². The molecule has 3 atom stereocenters. The number of rotatable bonds is 5. The van der Waals surface area contributed by atoms with E-state index in [0.29, 0.717) is 17.2 Å². The van der Waals surface area contributed by atoms with Crippen molar-refractivity contribution in [3.05, 3.63) is 82.4 Å². The number of fused-ring (bicyclic) bond motifs is 3. The normalized spacial score (nSPS) is 22.0. The van der Waals surface area contributed by atoms with Crippen molar-refractivity contribution in [2.75, 3.05) is 6.54 Å². The van der Waals surface area contributed by atoms with Crippen molar-refractivity contribution < 1.29 is 23.7 Å². The Kier molecular flexibility index (Phi) is 6.38. The van der Waals surface area contributed by atoms with Crippen molar-refractivity contribution in [2.45, 2.75) is 56.1 Å². The molecule has 10 heteroatoms. The first-order valence-corrected chi connectivity index (χ1v) is 14.6. The summed E-state index contributed by atoms with van der Waals surface area (Å²) in [5, 5.41) is 18.3. The third-order valence-electron chi connectivity index (χ3n) is 8.04. The third-order valence-corrected chi connectivity index (χ3v) is 10.0. The summed E-state index contributed by atoms with van der Waals surface area (Å²) in [7, 11) is -1.48. The van der Waals surface area contributed by atoms with Gasteiger partial charge in [-0.2, -0.15) is 4.31 Å². The molecule has 6 rings (SSSR count). The van der Waals surface area contributed by atoms with Crippen LogP contribution in [-0.4, -0.2) is 52.1 Å². The number of hydrogen-bond acceptors (Lipinski definition) is 7. The van der Waals surface area contributed by atoms with E-state index in [9.17, 15) is 19.0 Å². The number of carboxylic acids is 1. The van der Waals surface area contributed by atoms with Crippen molar-refractivity contribution in [3.8, 4) is 5.75 Å². The molecule has 1 aliphatic carbocycles. The molecule has 4 aromatic rings. The molecule has 1 aromatic heterocycles. The molecule has 2 unspecified atom stereocenters. The maximum atomic E-state index is 12.0. The van der Waals surface area contributed by atoms with Crippen LogP contribution in [0.3, 0.4) is 0 Å². The van der Waals surface area contributed by atoms with Gasteiger partial charge >= 0.3 is 5.97 Å². The van der Waals surface area contributed by atoms with Gasteiger partial charge in [-0.15, -0.1) is 15.9 Å². The molecule has 9 nitrogen and oxygen atoms in total. The van der Waals surface area contributed by atoms with E-state index in [1.165, 1.54) is 0 Å². The van der Waals surface area contributed by atoms with Crippen molar-refractivity contribution in [1.82, 2.24) is 19.3 Å². The largest absolute Gasteiger partial charge is 0.487 e. The molecule has 0 bridgehead atoms. The average molecular weight is 549 g/mol. The van der Waals surface area contributed by atoms with E-state index in [0.717, 1.165) is 51.7 Å². The number of carbonyl (C=O) groups is 1. The Bertz CT molecular complexity index is 1590. The zero-order valence-electron chi connectivity index (χ0n) is 22.1. The zero-order chi connectivity index (χ0) is 27.5. The lowest BCUT2D eigenvalue weighted by atomic mass is 9.84. The lowest BCUT2D eigenvalue weighted by Crippen LogP contribution is -2.36. The van der Waals surface area contributed by atoms with Gasteiger partial charge < -0.3 is 9.84 Å². The Hall–Kier alpha value is -3.44. The van der Waals surface area contributed by atoms with E-state index in [2.05, 4.69) is 22.4 Å². The summed E-state index contributed by atoms with van der Waals surface area (Å²) in [6.07, 6.45) is 1.22. The number of ether oxygens (including phenoxy) is 1. The Morgan fingerprint density at radius 3 is 2.77 bits per heavy atom. The quantitative estimate of drug-likeness (QED) is 0.291. The fraction of sp³-hybridized carbons (Fsp3) is 0.345. The van der Waals surface area contributed by atoms with Crippen LogP contribution in [0.25, 0.3) is 11.0 Å².